The molecule has 2 atom stereocenters. The van der Waals surface area contributed by atoms with Gasteiger partial charge >= 0.3 is 17.8 Å². The molecule has 2 aliphatic rings. The van der Waals surface area contributed by atoms with Crippen molar-refractivity contribution >= 4 is 47.2 Å². The third kappa shape index (κ3) is 4.53. The lowest BCUT2D eigenvalue weighted by Crippen LogP contribution is -2.51. The first-order valence-corrected chi connectivity index (χ1v) is 12.6. The molecule has 2 bridgehead atoms. The Labute approximate surface area is 223 Å². The summed E-state index contributed by atoms with van der Waals surface area (Å²) in [5.74, 6) is -0.195. The van der Waals surface area contributed by atoms with Gasteiger partial charge in [0.25, 0.3) is 6.34 Å². The van der Waals surface area contributed by atoms with Crippen LogP contribution in [0.5, 0.6) is 0 Å². The summed E-state index contributed by atoms with van der Waals surface area (Å²) in [7, 11) is 1.52. The van der Waals surface area contributed by atoms with Crippen molar-refractivity contribution in [3.63, 3.8) is 0 Å². The number of nitrogens with two attached hydrogens (primary N) is 3. The van der Waals surface area contributed by atoms with E-state index in [1.54, 1.807) is 29.4 Å². The first kappa shape index (κ1) is 25.8. The molecule has 14 heteroatoms. The summed E-state index contributed by atoms with van der Waals surface area (Å²) < 4.78 is 1.46. The molecule has 5 heterocycles. The van der Waals surface area contributed by atoms with Gasteiger partial charge in [-0.1, -0.05) is 0 Å². The Balaban J connectivity index is 1.52. The van der Waals surface area contributed by atoms with Crippen LogP contribution >= 0.6 is 0 Å². The molecule has 39 heavy (non-hydrogen) atoms. The predicted molar refractivity (Wildman–Crippen MR) is 144 cm³/mol. The zero-order valence-corrected chi connectivity index (χ0v) is 21.6. The summed E-state index contributed by atoms with van der Waals surface area (Å²) in [6, 6.07) is 2.95. The summed E-state index contributed by atoms with van der Waals surface area (Å²) in [5.41, 5.74) is 15.2. The van der Waals surface area contributed by atoms with Gasteiger partial charge in [-0.3, -0.25) is 20.3 Å². The number of rotatable bonds is 5. The molecule has 14 nitrogen and oxygen atoms in total. The van der Waals surface area contributed by atoms with Crippen LogP contribution in [0, 0.1) is 0 Å². The fourth-order valence-electron chi connectivity index (χ4n) is 5.70. The van der Waals surface area contributed by atoms with Gasteiger partial charge in [0.1, 0.15) is 11.6 Å². The molecule has 8 N–H and O–H groups in total. The van der Waals surface area contributed by atoms with Crippen molar-refractivity contribution in [3.8, 4) is 11.1 Å². The Hall–Kier alpha value is -4.88. The monoisotopic (exact) mass is 532 g/mol. The number of urea groups is 1. The van der Waals surface area contributed by atoms with Crippen molar-refractivity contribution in [2.45, 2.75) is 50.6 Å². The second kappa shape index (κ2) is 10.1. The number of anilines is 2. The average molecular weight is 533 g/mol. The van der Waals surface area contributed by atoms with E-state index in [9.17, 15) is 14.4 Å². The van der Waals surface area contributed by atoms with Gasteiger partial charge in [0.05, 0.1) is 17.5 Å². The number of fused-ring (bicyclic) bond motifs is 3. The summed E-state index contributed by atoms with van der Waals surface area (Å²) >= 11 is 0. The van der Waals surface area contributed by atoms with Crippen LogP contribution in [-0.4, -0.2) is 73.5 Å². The lowest BCUT2D eigenvalue weighted by Gasteiger charge is -2.38. The van der Waals surface area contributed by atoms with E-state index in [2.05, 4.69) is 25.7 Å². The molecule has 0 saturated carbocycles. The average Bonchev–Trinajstić information content (AvgIpc) is 3.46. The number of nitrogen functional groups attached to an aromatic ring is 1. The number of amidine groups is 1. The second-order valence-electron chi connectivity index (χ2n) is 9.67. The van der Waals surface area contributed by atoms with Gasteiger partial charge in [0.2, 0.25) is 0 Å². The van der Waals surface area contributed by atoms with Gasteiger partial charge in [0, 0.05) is 42.4 Å². The van der Waals surface area contributed by atoms with E-state index >= 15 is 0 Å². The maximum atomic E-state index is 12.9. The largest absolute Gasteiger partial charge is 0.383 e. The van der Waals surface area contributed by atoms with E-state index in [1.165, 1.54) is 18.5 Å². The van der Waals surface area contributed by atoms with Crippen LogP contribution in [0.4, 0.5) is 16.4 Å². The Morgan fingerprint density at radius 1 is 1.18 bits per heavy atom. The molecule has 2 saturated heterocycles. The highest BCUT2D eigenvalue weighted by Gasteiger charge is 2.46. The van der Waals surface area contributed by atoms with Gasteiger partial charge in [-0.05, 0) is 49.7 Å². The third-order valence-electron chi connectivity index (χ3n) is 7.39. The van der Waals surface area contributed by atoms with Crippen molar-refractivity contribution < 1.29 is 19.8 Å². The van der Waals surface area contributed by atoms with Crippen LogP contribution in [0.15, 0.2) is 29.5 Å². The number of pyridine rings is 1. The standard InChI is InChI=1S/C25H29N11O3/c1-12(37)19-20(14-7-15-4-5-16(8-14)35(15)24(38)21(27)31-11-26)34-23-17(10-32-36(23)22(19)28)13-3-6-18(30-9-13)33-25(39)29-2/h3,6,9-11,14-16H,4-5,7-8,28H2,1-2H3,(H3,26,27,31)(H2,29,30,33,39)/p+1. The molecule has 202 valence electrons. The van der Waals surface area contributed by atoms with Crippen LogP contribution in [0.1, 0.15) is 54.6 Å². The maximum absolute atomic E-state index is 12.9. The number of nitrogens with one attached hydrogen (secondary N) is 2. The lowest BCUT2D eigenvalue weighted by molar-refractivity contribution is -0.128. The minimum absolute atomic E-state index is 0.0687. The van der Waals surface area contributed by atoms with Crippen molar-refractivity contribution in [2.24, 2.45) is 10.7 Å². The van der Waals surface area contributed by atoms with Crippen molar-refractivity contribution in [1.29, 1.82) is 0 Å². The van der Waals surface area contributed by atoms with E-state index in [0.29, 0.717) is 46.7 Å². The number of carbonyl (C=O) groups is 3. The SMILES string of the molecule is CNC(=O)Nc1ccc(-c2cnn3c(N)c(C(C)=O)c(C4CC5CCC(C4)N5C(=O)C(N)=NC=[NH2+])nc23)cn1. The Morgan fingerprint density at radius 2 is 1.90 bits per heavy atom. The first-order valence-electron chi connectivity index (χ1n) is 12.6. The van der Waals surface area contributed by atoms with Gasteiger partial charge in [-0.2, -0.15) is 9.61 Å². The van der Waals surface area contributed by atoms with E-state index in [1.807, 2.05) is 0 Å². The highest BCUT2D eigenvalue weighted by atomic mass is 16.2. The number of amides is 3. The molecule has 0 aliphatic carbocycles. The molecule has 3 aromatic rings. The number of aromatic nitrogens is 4. The lowest BCUT2D eigenvalue weighted by atomic mass is 9.85. The molecule has 0 aromatic carbocycles. The molecule has 2 aliphatic heterocycles. The van der Waals surface area contributed by atoms with Crippen LogP contribution in [0.25, 0.3) is 16.8 Å². The normalized spacial score (nSPS) is 20.6. The van der Waals surface area contributed by atoms with Crippen LogP contribution in [0.3, 0.4) is 0 Å². The first-order chi connectivity index (χ1) is 18.7. The smallest absolute Gasteiger partial charge is 0.320 e. The molecule has 3 aromatic heterocycles. The van der Waals surface area contributed by atoms with Crippen LogP contribution in [-0.2, 0) is 4.79 Å². The van der Waals surface area contributed by atoms with Crippen LogP contribution in [0.2, 0.25) is 0 Å². The quantitative estimate of drug-likeness (QED) is 0.167. The molecular weight excluding hydrogens is 502 g/mol. The van der Waals surface area contributed by atoms with E-state index in [-0.39, 0.29) is 47.4 Å². The maximum Gasteiger partial charge on any atom is 0.320 e. The van der Waals surface area contributed by atoms with E-state index < -0.39 is 0 Å². The Kier molecular flexibility index (Phi) is 6.68. The molecular formula is C25H30N11O3+. The number of piperidine rings is 1. The topological polar surface area (TPSA) is 212 Å². The molecule has 2 unspecified atom stereocenters. The fraction of sp³-hybridized carbons (Fsp3) is 0.360. The molecule has 3 amide bonds. The van der Waals surface area contributed by atoms with E-state index in [4.69, 9.17) is 21.9 Å². The summed E-state index contributed by atoms with van der Waals surface area (Å²) in [6.45, 7) is 1.46. The molecule has 2 fully saturated rings. The number of nitrogens with zero attached hydrogens (tertiary/aromatic N) is 6. The zero-order valence-electron chi connectivity index (χ0n) is 21.6. The van der Waals surface area contributed by atoms with Crippen LogP contribution < -0.4 is 27.5 Å². The summed E-state index contributed by atoms with van der Waals surface area (Å²) in [6.07, 6.45) is 7.09. The number of carbonyl (C=O) groups excluding carboxylic acids is 3. The molecule has 0 spiro atoms. The minimum atomic E-state index is -0.378. The van der Waals surface area contributed by atoms with Gasteiger partial charge in [-0.25, -0.2) is 14.8 Å². The molecule has 0 radical (unpaired) electrons. The number of hydrogen-bond donors (Lipinski definition) is 5. The highest BCUT2D eigenvalue weighted by Crippen LogP contribution is 2.44. The van der Waals surface area contributed by atoms with Gasteiger partial charge in [0.15, 0.2) is 11.4 Å². The minimum Gasteiger partial charge on any atom is -0.383 e. The fourth-order valence-corrected chi connectivity index (χ4v) is 5.70. The summed E-state index contributed by atoms with van der Waals surface area (Å²) in [4.78, 5) is 52.1. The number of ketones is 1. The molecule has 5 rings (SSSR count). The second-order valence-corrected chi connectivity index (χ2v) is 9.67. The number of Topliss-reactive ketones (excluding diaryl/α,β-unsaturated/α-hetero) is 1. The number of hydrogen-bond acceptors (Lipinski definition) is 7. The van der Waals surface area contributed by atoms with E-state index in [0.717, 1.165) is 19.2 Å². The predicted octanol–water partition coefficient (Wildman–Crippen LogP) is -0.291. The number of aliphatic imine (C=N–C) groups is 1. The third-order valence-corrected chi connectivity index (χ3v) is 7.39. The van der Waals surface area contributed by atoms with Gasteiger partial charge < -0.3 is 21.7 Å². The highest BCUT2D eigenvalue weighted by molar-refractivity contribution is 6.38. The summed E-state index contributed by atoms with van der Waals surface area (Å²) in [5, 5.41) is 14.8. The van der Waals surface area contributed by atoms with Crippen molar-refractivity contribution in [3.05, 3.63) is 35.8 Å². The van der Waals surface area contributed by atoms with Crippen molar-refractivity contribution in [2.75, 3.05) is 18.1 Å². The Morgan fingerprint density at radius 3 is 2.49 bits per heavy atom. The van der Waals surface area contributed by atoms with Gasteiger partial charge in [-0.15, -0.1) is 0 Å². The zero-order chi connectivity index (χ0) is 27.8. The van der Waals surface area contributed by atoms with Crippen molar-refractivity contribution in [1.82, 2.24) is 29.8 Å². The Bertz CT molecular complexity index is 1500.